The Bertz CT molecular complexity index is 467. The van der Waals surface area contributed by atoms with E-state index in [4.69, 9.17) is 10.5 Å². The molecule has 0 saturated heterocycles. The third-order valence-electron chi connectivity index (χ3n) is 4.69. The second-order valence-corrected chi connectivity index (χ2v) is 7.28. The Balaban J connectivity index is 1.96. The van der Waals surface area contributed by atoms with Crippen molar-refractivity contribution in [3.63, 3.8) is 0 Å². The van der Waals surface area contributed by atoms with Crippen LogP contribution in [0.1, 0.15) is 52.0 Å². The summed E-state index contributed by atoms with van der Waals surface area (Å²) in [6.45, 7) is 7.58. The minimum absolute atomic E-state index is 0.0714. The van der Waals surface area contributed by atoms with Gasteiger partial charge in [0.15, 0.2) is 0 Å². The Morgan fingerprint density at radius 2 is 2.05 bits per heavy atom. The molecule has 1 fully saturated rings. The molecule has 2 atom stereocenters. The maximum Gasteiger partial charge on any atom is 0.123 e. The SMILES string of the molecule is CC(C)(C)c1ccccc1OCCC1CCCC1(O)CN. The van der Waals surface area contributed by atoms with Crippen LogP contribution in [0.4, 0.5) is 0 Å². The normalized spacial score (nSPS) is 26.0. The van der Waals surface area contributed by atoms with Crippen LogP contribution < -0.4 is 10.5 Å². The van der Waals surface area contributed by atoms with Crippen LogP contribution >= 0.6 is 0 Å². The molecule has 1 aromatic carbocycles. The van der Waals surface area contributed by atoms with Crippen molar-refractivity contribution >= 4 is 0 Å². The average Bonchev–Trinajstić information content (AvgIpc) is 2.80. The summed E-state index contributed by atoms with van der Waals surface area (Å²) in [6, 6.07) is 8.22. The molecule has 1 aliphatic carbocycles. The molecule has 0 amide bonds. The van der Waals surface area contributed by atoms with Crippen molar-refractivity contribution in [2.75, 3.05) is 13.2 Å². The number of aliphatic hydroxyl groups is 1. The standard InChI is InChI=1S/C18H29NO2/c1-17(2,3)15-8-4-5-9-16(15)21-12-10-14-7-6-11-18(14,20)13-19/h4-5,8-9,14,20H,6-7,10-13,19H2,1-3H3. The first kappa shape index (κ1) is 16.3. The van der Waals surface area contributed by atoms with Crippen molar-refractivity contribution in [1.29, 1.82) is 0 Å². The average molecular weight is 291 g/mol. The van der Waals surface area contributed by atoms with Gasteiger partial charge in [-0.1, -0.05) is 45.4 Å². The van der Waals surface area contributed by atoms with Crippen LogP contribution in [-0.4, -0.2) is 23.9 Å². The molecule has 0 aliphatic heterocycles. The van der Waals surface area contributed by atoms with Gasteiger partial charge >= 0.3 is 0 Å². The van der Waals surface area contributed by atoms with Crippen LogP contribution in [0.5, 0.6) is 5.75 Å². The molecule has 2 rings (SSSR count). The molecule has 1 aliphatic rings. The lowest BCUT2D eigenvalue weighted by molar-refractivity contribution is 0.00348. The molecule has 1 aromatic rings. The summed E-state index contributed by atoms with van der Waals surface area (Å²) in [4.78, 5) is 0. The number of nitrogens with two attached hydrogens (primary N) is 1. The summed E-state index contributed by atoms with van der Waals surface area (Å²) in [6.07, 6.45) is 3.81. The first-order valence-corrected chi connectivity index (χ1v) is 8.01. The molecule has 0 spiro atoms. The van der Waals surface area contributed by atoms with Gasteiger partial charge in [0.2, 0.25) is 0 Å². The van der Waals surface area contributed by atoms with E-state index in [1.165, 1.54) is 5.56 Å². The first-order valence-electron chi connectivity index (χ1n) is 8.01. The van der Waals surface area contributed by atoms with Crippen LogP contribution in [0.3, 0.4) is 0 Å². The van der Waals surface area contributed by atoms with Crippen LogP contribution in [0.15, 0.2) is 24.3 Å². The van der Waals surface area contributed by atoms with E-state index < -0.39 is 5.60 Å². The molecule has 21 heavy (non-hydrogen) atoms. The first-order chi connectivity index (χ1) is 9.87. The molecule has 2 unspecified atom stereocenters. The van der Waals surface area contributed by atoms with Crippen molar-refractivity contribution in [3.05, 3.63) is 29.8 Å². The number of hydrogen-bond donors (Lipinski definition) is 2. The van der Waals surface area contributed by atoms with Crippen LogP contribution in [-0.2, 0) is 5.41 Å². The quantitative estimate of drug-likeness (QED) is 0.875. The fourth-order valence-corrected chi connectivity index (χ4v) is 3.33. The molecule has 3 heteroatoms. The van der Waals surface area contributed by atoms with E-state index in [0.29, 0.717) is 13.2 Å². The Morgan fingerprint density at radius 3 is 2.71 bits per heavy atom. The van der Waals surface area contributed by atoms with Crippen LogP contribution in [0, 0.1) is 5.92 Å². The summed E-state index contributed by atoms with van der Waals surface area (Å²) >= 11 is 0. The molecular weight excluding hydrogens is 262 g/mol. The number of benzene rings is 1. The van der Waals surface area contributed by atoms with Gasteiger partial charge in [0.1, 0.15) is 5.75 Å². The zero-order valence-corrected chi connectivity index (χ0v) is 13.6. The molecule has 0 radical (unpaired) electrons. The lowest BCUT2D eigenvalue weighted by Crippen LogP contribution is -2.41. The van der Waals surface area contributed by atoms with Gasteiger partial charge in [0.25, 0.3) is 0 Å². The van der Waals surface area contributed by atoms with Gasteiger partial charge in [-0.05, 0) is 42.2 Å². The maximum absolute atomic E-state index is 10.5. The number of hydrogen-bond acceptors (Lipinski definition) is 3. The minimum atomic E-state index is -0.674. The second-order valence-electron chi connectivity index (χ2n) is 7.28. The zero-order chi connectivity index (χ0) is 15.5. The molecule has 3 nitrogen and oxygen atoms in total. The number of para-hydroxylation sites is 1. The lowest BCUT2D eigenvalue weighted by atomic mass is 9.86. The van der Waals surface area contributed by atoms with Gasteiger partial charge in [-0.25, -0.2) is 0 Å². The number of ether oxygens (including phenoxy) is 1. The smallest absolute Gasteiger partial charge is 0.123 e. The van der Waals surface area contributed by atoms with E-state index >= 15 is 0 Å². The van der Waals surface area contributed by atoms with Crippen molar-refractivity contribution in [3.8, 4) is 5.75 Å². The molecule has 1 saturated carbocycles. The fraction of sp³-hybridized carbons (Fsp3) is 0.667. The largest absolute Gasteiger partial charge is 0.493 e. The van der Waals surface area contributed by atoms with Crippen molar-refractivity contribution in [1.82, 2.24) is 0 Å². The number of rotatable bonds is 5. The predicted octanol–water partition coefficient (Wildman–Crippen LogP) is 3.24. The summed E-state index contributed by atoms with van der Waals surface area (Å²) in [5.41, 5.74) is 6.36. The molecule has 118 valence electrons. The van der Waals surface area contributed by atoms with E-state index in [9.17, 15) is 5.11 Å². The Morgan fingerprint density at radius 1 is 1.33 bits per heavy atom. The van der Waals surface area contributed by atoms with Crippen molar-refractivity contribution < 1.29 is 9.84 Å². The third kappa shape index (κ3) is 3.78. The predicted molar refractivity (Wildman–Crippen MR) is 86.6 cm³/mol. The van der Waals surface area contributed by atoms with Gasteiger partial charge in [0, 0.05) is 6.54 Å². The Hall–Kier alpha value is -1.06. The van der Waals surface area contributed by atoms with E-state index in [0.717, 1.165) is 31.4 Å². The lowest BCUT2D eigenvalue weighted by Gasteiger charge is -2.29. The minimum Gasteiger partial charge on any atom is -0.493 e. The topological polar surface area (TPSA) is 55.5 Å². The molecule has 3 N–H and O–H groups in total. The van der Waals surface area contributed by atoms with Gasteiger partial charge in [-0.15, -0.1) is 0 Å². The highest BCUT2D eigenvalue weighted by atomic mass is 16.5. The summed E-state index contributed by atoms with van der Waals surface area (Å²) in [7, 11) is 0. The van der Waals surface area contributed by atoms with Crippen LogP contribution in [0.25, 0.3) is 0 Å². The van der Waals surface area contributed by atoms with Gasteiger partial charge < -0.3 is 15.6 Å². The third-order valence-corrected chi connectivity index (χ3v) is 4.69. The summed E-state index contributed by atoms with van der Waals surface area (Å²) in [5.74, 6) is 1.23. The van der Waals surface area contributed by atoms with E-state index in [1.54, 1.807) is 0 Å². The van der Waals surface area contributed by atoms with E-state index in [1.807, 2.05) is 12.1 Å². The van der Waals surface area contributed by atoms with Gasteiger partial charge in [-0.2, -0.15) is 0 Å². The van der Waals surface area contributed by atoms with Gasteiger partial charge in [0.05, 0.1) is 12.2 Å². The fourth-order valence-electron chi connectivity index (χ4n) is 3.33. The summed E-state index contributed by atoms with van der Waals surface area (Å²) in [5, 5.41) is 10.5. The summed E-state index contributed by atoms with van der Waals surface area (Å²) < 4.78 is 6.01. The highest BCUT2D eigenvalue weighted by Crippen LogP contribution is 2.37. The molecule has 0 heterocycles. The monoisotopic (exact) mass is 291 g/mol. The van der Waals surface area contributed by atoms with E-state index in [-0.39, 0.29) is 11.3 Å². The molecule has 0 bridgehead atoms. The Labute approximate surface area is 128 Å². The van der Waals surface area contributed by atoms with Crippen molar-refractivity contribution in [2.24, 2.45) is 11.7 Å². The molecule has 0 aromatic heterocycles. The highest BCUT2D eigenvalue weighted by Gasteiger charge is 2.39. The van der Waals surface area contributed by atoms with Crippen molar-refractivity contribution in [2.45, 2.75) is 57.5 Å². The molecular formula is C18H29NO2. The van der Waals surface area contributed by atoms with Crippen LogP contribution in [0.2, 0.25) is 0 Å². The zero-order valence-electron chi connectivity index (χ0n) is 13.6. The highest BCUT2D eigenvalue weighted by molar-refractivity contribution is 5.38. The Kier molecular flexibility index (Phi) is 4.95. The van der Waals surface area contributed by atoms with Gasteiger partial charge in [-0.3, -0.25) is 0 Å². The second kappa shape index (κ2) is 6.37. The maximum atomic E-state index is 10.5. The van der Waals surface area contributed by atoms with E-state index in [2.05, 4.69) is 32.9 Å².